The van der Waals surface area contributed by atoms with Gasteiger partial charge in [-0.3, -0.25) is 4.90 Å². The Morgan fingerprint density at radius 3 is 2.48 bits per heavy atom. The van der Waals surface area contributed by atoms with Gasteiger partial charge < -0.3 is 10.2 Å². The molecule has 1 atom stereocenters. The highest BCUT2D eigenvalue weighted by atomic mass is 35.5. The maximum absolute atomic E-state index is 12.4. The molecule has 4 nitrogen and oxygen atoms in total. The van der Waals surface area contributed by atoms with Crippen LogP contribution in [0, 0.1) is 0 Å². The van der Waals surface area contributed by atoms with Crippen molar-refractivity contribution in [2.45, 2.75) is 18.9 Å². The zero-order valence-electron chi connectivity index (χ0n) is 14.1. The molecule has 1 saturated heterocycles. The van der Waals surface area contributed by atoms with E-state index < -0.39 is 0 Å². The highest BCUT2D eigenvalue weighted by Gasteiger charge is 2.31. The first-order chi connectivity index (χ1) is 12.2. The molecule has 2 aromatic rings. The lowest BCUT2D eigenvalue weighted by Crippen LogP contribution is -2.50. The second kappa shape index (κ2) is 7.06. The normalized spacial score (nSPS) is 20.4. The van der Waals surface area contributed by atoms with Gasteiger partial charge in [-0.1, -0.05) is 35.9 Å². The van der Waals surface area contributed by atoms with Gasteiger partial charge in [0, 0.05) is 42.9 Å². The van der Waals surface area contributed by atoms with Gasteiger partial charge in [0.2, 0.25) is 0 Å². The van der Waals surface area contributed by atoms with E-state index in [-0.39, 0.29) is 6.03 Å². The second-order valence-electron chi connectivity index (χ2n) is 6.71. The summed E-state index contributed by atoms with van der Waals surface area (Å²) in [6.45, 7) is 3.37. The molecule has 1 fully saturated rings. The van der Waals surface area contributed by atoms with Gasteiger partial charge in [-0.05, 0) is 48.2 Å². The van der Waals surface area contributed by atoms with Crippen molar-refractivity contribution in [3.05, 3.63) is 64.7 Å². The van der Waals surface area contributed by atoms with Crippen molar-refractivity contribution in [2.24, 2.45) is 0 Å². The third kappa shape index (κ3) is 3.51. The maximum atomic E-state index is 12.4. The molecule has 1 aliphatic carbocycles. The Bertz CT molecular complexity index is 754. The Balaban J connectivity index is 1.34. The van der Waals surface area contributed by atoms with Crippen molar-refractivity contribution in [2.75, 3.05) is 31.5 Å². The van der Waals surface area contributed by atoms with Crippen molar-refractivity contribution in [3.63, 3.8) is 0 Å². The molecule has 1 heterocycles. The average Bonchev–Trinajstić information content (AvgIpc) is 3.08. The Kier molecular flexibility index (Phi) is 4.64. The zero-order valence-corrected chi connectivity index (χ0v) is 14.9. The molecule has 25 heavy (non-hydrogen) atoms. The van der Waals surface area contributed by atoms with Crippen LogP contribution in [0.5, 0.6) is 0 Å². The van der Waals surface area contributed by atoms with E-state index >= 15 is 0 Å². The monoisotopic (exact) mass is 355 g/mol. The SMILES string of the molecule is O=C(Nc1ccc(Cl)cc1)N1CCN(C2CCc3ccccc32)CC1. The molecule has 2 aromatic carbocycles. The number of hydrogen-bond donors (Lipinski definition) is 1. The largest absolute Gasteiger partial charge is 0.322 e. The fourth-order valence-electron chi connectivity index (χ4n) is 3.89. The predicted octanol–water partition coefficient (Wildman–Crippen LogP) is 4.18. The van der Waals surface area contributed by atoms with Crippen LogP contribution in [0.4, 0.5) is 10.5 Å². The van der Waals surface area contributed by atoms with Gasteiger partial charge in [-0.25, -0.2) is 4.79 Å². The number of piperazine rings is 1. The summed E-state index contributed by atoms with van der Waals surface area (Å²) in [4.78, 5) is 16.9. The molecule has 0 spiro atoms. The molecule has 0 saturated carbocycles. The third-order valence-corrected chi connectivity index (χ3v) is 5.49. The first-order valence-electron chi connectivity index (χ1n) is 8.84. The molecule has 2 aliphatic rings. The minimum absolute atomic E-state index is 0.0335. The smallest absolute Gasteiger partial charge is 0.321 e. The number of urea groups is 1. The van der Waals surface area contributed by atoms with Gasteiger partial charge >= 0.3 is 6.03 Å². The van der Waals surface area contributed by atoms with Crippen LogP contribution in [0.1, 0.15) is 23.6 Å². The topological polar surface area (TPSA) is 35.6 Å². The number of nitrogens with zero attached hydrogens (tertiary/aromatic N) is 2. The molecular weight excluding hydrogens is 334 g/mol. The Labute approximate surface area is 153 Å². The second-order valence-corrected chi connectivity index (χ2v) is 7.15. The standard InChI is InChI=1S/C20H22ClN3O/c21-16-6-8-17(9-7-16)22-20(25)24-13-11-23(12-14-24)19-10-5-15-3-1-2-4-18(15)19/h1-4,6-9,19H,5,10-14H2,(H,22,25). The fourth-order valence-corrected chi connectivity index (χ4v) is 4.01. The summed E-state index contributed by atoms with van der Waals surface area (Å²) in [6.07, 6.45) is 2.36. The van der Waals surface area contributed by atoms with Gasteiger partial charge in [-0.15, -0.1) is 0 Å². The molecular formula is C20H22ClN3O. The molecule has 2 amide bonds. The number of benzene rings is 2. The van der Waals surface area contributed by atoms with Gasteiger partial charge in [0.1, 0.15) is 0 Å². The molecule has 1 unspecified atom stereocenters. The summed E-state index contributed by atoms with van der Waals surface area (Å²) in [5.74, 6) is 0. The van der Waals surface area contributed by atoms with Gasteiger partial charge in [0.25, 0.3) is 0 Å². The van der Waals surface area contributed by atoms with Gasteiger partial charge in [0.05, 0.1) is 0 Å². The van der Waals surface area contributed by atoms with Crippen molar-refractivity contribution in [3.8, 4) is 0 Å². The molecule has 1 aliphatic heterocycles. The summed E-state index contributed by atoms with van der Waals surface area (Å²) in [5, 5.41) is 3.62. The lowest BCUT2D eigenvalue weighted by atomic mass is 10.1. The minimum atomic E-state index is -0.0335. The Hall–Kier alpha value is -2.04. The first kappa shape index (κ1) is 16.4. The van der Waals surface area contributed by atoms with Crippen LogP contribution >= 0.6 is 11.6 Å². The van der Waals surface area contributed by atoms with Crippen molar-refractivity contribution in [1.29, 1.82) is 0 Å². The van der Waals surface area contributed by atoms with Crippen LogP contribution in [0.15, 0.2) is 48.5 Å². The quantitative estimate of drug-likeness (QED) is 0.877. The molecule has 130 valence electrons. The average molecular weight is 356 g/mol. The van der Waals surface area contributed by atoms with Crippen LogP contribution in [0.2, 0.25) is 5.02 Å². The van der Waals surface area contributed by atoms with E-state index in [0.29, 0.717) is 11.1 Å². The van der Waals surface area contributed by atoms with E-state index in [0.717, 1.165) is 38.3 Å². The zero-order chi connectivity index (χ0) is 17.2. The highest BCUT2D eigenvalue weighted by molar-refractivity contribution is 6.30. The lowest BCUT2D eigenvalue weighted by molar-refractivity contribution is 0.113. The number of carbonyl (C=O) groups excluding carboxylic acids is 1. The number of carbonyl (C=O) groups is 1. The summed E-state index contributed by atoms with van der Waals surface area (Å²) in [7, 11) is 0. The Morgan fingerprint density at radius 1 is 1.00 bits per heavy atom. The number of nitrogens with one attached hydrogen (secondary N) is 1. The lowest BCUT2D eigenvalue weighted by Gasteiger charge is -2.38. The van der Waals surface area contributed by atoms with E-state index in [1.54, 1.807) is 12.1 Å². The van der Waals surface area contributed by atoms with E-state index in [1.807, 2.05) is 17.0 Å². The molecule has 0 radical (unpaired) electrons. The number of aryl methyl sites for hydroxylation is 1. The van der Waals surface area contributed by atoms with Crippen molar-refractivity contribution in [1.82, 2.24) is 9.80 Å². The molecule has 0 aromatic heterocycles. The molecule has 0 bridgehead atoms. The number of halogens is 1. The minimum Gasteiger partial charge on any atom is -0.322 e. The van der Waals surface area contributed by atoms with Crippen molar-refractivity contribution >= 4 is 23.3 Å². The summed E-state index contributed by atoms with van der Waals surface area (Å²) >= 11 is 5.88. The molecule has 4 rings (SSSR count). The van der Waals surface area contributed by atoms with E-state index in [4.69, 9.17) is 11.6 Å². The highest BCUT2D eigenvalue weighted by Crippen LogP contribution is 2.35. The Morgan fingerprint density at radius 2 is 1.72 bits per heavy atom. The van der Waals surface area contributed by atoms with Crippen LogP contribution in [-0.2, 0) is 6.42 Å². The van der Waals surface area contributed by atoms with Crippen LogP contribution < -0.4 is 5.32 Å². The predicted molar refractivity (Wildman–Crippen MR) is 101 cm³/mol. The summed E-state index contributed by atoms with van der Waals surface area (Å²) in [6, 6.07) is 16.5. The first-order valence-corrected chi connectivity index (χ1v) is 9.22. The summed E-state index contributed by atoms with van der Waals surface area (Å²) in [5.41, 5.74) is 3.73. The maximum Gasteiger partial charge on any atom is 0.321 e. The van der Waals surface area contributed by atoms with Crippen LogP contribution in [-0.4, -0.2) is 42.0 Å². The summed E-state index contributed by atoms with van der Waals surface area (Å²) < 4.78 is 0. The van der Waals surface area contributed by atoms with E-state index in [2.05, 4.69) is 34.5 Å². The van der Waals surface area contributed by atoms with Gasteiger partial charge in [-0.2, -0.15) is 0 Å². The number of hydrogen-bond acceptors (Lipinski definition) is 2. The number of anilines is 1. The fraction of sp³-hybridized carbons (Fsp3) is 0.350. The molecule has 1 N–H and O–H groups in total. The van der Waals surface area contributed by atoms with E-state index in [9.17, 15) is 4.79 Å². The number of rotatable bonds is 2. The van der Waals surface area contributed by atoms with Gasteiger partial charge in [0.15, 0.2) is 0 Å². The van der Waals surface area contributed by atoms with Crippen molar-refractivity contribution < 1.29 is 4.79 Å². The molecule has 5 heteroatoms. The van der Waals surface area contributed by atoms with Crippen LogP contribution in [0.25, 0.3) is 0 Å². The number of fused-ring (bicyclic) bond motifs is 1. The third-order valence-electron chi connectivity index (χ3n) is 5.24. The van der Waals surface area contributed by atoms with E-state index in [1.165, 1.54) is 17.5 Å². The van der Waals surface area contributed by atoms with Crippen LogP contribution in [0.3, 0.4) is 0 Å². The number of amides is 2.